The molecule has 10 heteroatoms. The number of nitrogens with zero attached hydrogens (tertiary/aromatic N) is 3. The van der Waals surface area contributed by atoms with Crippen molar-refractivity contribution >= 4 is 28.6 Å². The Morgan fingerprint density at radius 1 is 1.12 bits per heavy atom. The molecule has 4 rings (SSSR count). The number of fused-ring (bicyclic) bond motifs is 1. The van der Waals surface area contributed by atoms with Crippen LogP contribution in [0.3, 0.4) is 0 Å². The third-order valence-electron chi connectivity index (χ3n) is 6.34. The van der Waals surface area contributed by atoms with E-state index in [1.807, 2.05) is 26.0 Å². The summed E-state index contributed by atoms with van der Waals surface area (Å²) in [6.45, 7) is 9.18. The fourth-order valence-corrected chi connectivity index (χ4v) is 4.43. The normalized spacial score (nSPS) is 12.7. The molecule has 4 aromatic rings. The minimum Gasteiger partial charge on any atom is -0.497 e. The number of nitrogens with one attached hydrogen (secondary N) is 1. The number of pyridine rings is 2. The molecule has 2 atom stereocenters. The number of anilines is 1. The molecule has 1 aromatic carbocycles. The van der Waals surface area contributed by atoms with Gasteiger partial charge in [0.25, 0.3) is 0 Å². The summed E-state index contributed by atoms with van der Waals surface area (Å²) in [4.78, 5) is 32.9. The number of benzene rings is 1. The highest BCUT2D eigenvalue weighted by Crippen LogP contribution is 2.36. The van der Waals surface area contributed by atoms with Crippen molar-refractivity contribution in [3.05, 3.63) is 73.6 Å². The van der Waals surface area contributed by atoms with Gasteiger partial charge in [-0.1, -0.05) is 20.4 Å². The lowest BCUT2D eigenvalue weighted by atomic mass is 10.0. The summed E-state index contributed by atoms with van der Waals surface area (Å²) < 4.78 is 27.0. The van der Waals surface area contributed by atoms with E-state index in [9.17, 15) is 14.0 Å². The van der Waals surface area contributed by atoms with Crippen molar-refractivity contribution in [1.82, 2.24) is 14.5 Å². The van der Waals surface area contributed by atoms with Crippen LogP contribution in [0.1, 0.15) is 33.4 Å². The van der Waals surface area contributed by atoms with Gasteiger partial charge in [-0.25, -0.2) is 9.97 Å². The van der Waals surface area contributed by atoms with Crippen LogP contribution in [0.4, 0.5) is 10.1 Å². The van der Waals surface area contributed by atoms with Gasteiger partial charge >= 0.3 is 5.97 Å². The molecule has 1 unspecified atom stereocenters. The Balaban J connectivity index is 1.81. The van der Waals surface area contributed by atoms with Gasteiger partial charge in [-0.3, -0.25) is 14.2 Å². The molecule has 0 aliphatic heterocycles. The van der Waals surface area contributed by atoms with Gasteiger partial charge in [0, 0.05) is 52.9 Å². The molecular weight excluding hydrogens is 513 g/mol. The first kappa shape index (κ1) is 28.4. The molecular formula is C30H32FN5O4. The van der Waals surface area contributed by atoms with Crippen molar-refractivity contribution in [3.8, 4) is 28.0 Å². The van der Waals surface area contributed by atoms with Gasteiger partial charge in [0.05, 0.1) is 7.11 Å². The Hall–Kier alpha value is -4.57. The van der Waals surface area contributed by atoms with E-state index in [4.69, 9.17) is 20.2 Å². The fourth-order valence-electron chi connectivity index (χ4n) is 4.43. The predicted octanol–water partition coefficient (Wildman–Crippen LogP) is 5.47. The largest absolute Gasteiger partial charge is 0.497 e. The van der Waals surface area contributed by atoms with Crippen LogP contribution >= 0.6 is 0 Å². The highest BCUT2D eigenvalue weighted by molar-refractivity contribution is 6.00. The van der Waals surface area contributed by atoms with E-state index in [1.165, 1.54) is 25.4 Å². The lowest BCUT2D eigenvalue weighted by Crippen LogP contribution is -2.34. The maximum atomic E-state index is 14.1. The van der Waals surface area contributed by atoms with E-state index in [1.54, 1.807) is 42.1 Å². The molecule has 40 heavy (non-hydrogen) atoms. The fraction of sp³-hybridized carbons (Fsp3) is 0.267. The monoisotopic (exact) mass is 545 g/mol. The molecule has 3 aromatic heterocycles. The maximum absolute atomic E-state index is 14.1. The number of hydrogen-bond acceptors (Lipinski definition) is 7. The highest BCUT2D eigenvalue weighted by atomic mass is 19.1. The minimum absolute atomic E-state index is 0.237. The molecule has 0 fully saturated rings. The number of hydrogen-bond donors (Lipinski definition) is 2. The summed E-state index contributed by atoms with van der Waals surface area (Å²) >= 11 is 0. The van der Waals surface area contributed by atoms with Crippen molar-refractivity contribution in [2.75, 3.05) is 12.4 Å². The van der Waals surface area contributed by atoms with Gasteiger partial charge in [0.1, 0.15) is 17.4 Å². The summed E-state index contributed by atoms with van der Waals surface area (Å²) in [7, 11) is 1.53. The lowest BCUT2D eigenvalue weighted by molar-refractivity contribution is -0.154. The van der Waals surface area contributed by atoms with Crippen LogP contribution in [0, 0.1) is 11.9 Å². The summed E-state index contributed by atoms with van der Waals surface area (Å²) in [5, 5.41) is 3.44. The van der Waals surface area contributed by atoms with Gasteiger partial charge in [0.2, 0.25) is 11.9 Å². The highest BCUT2D eigenvalue weighted by Gasteiger charge is 2.23. The van der Waals surface area contributed by atoms with Crippen molar-refractivity contribution in [2.45, 2.75) is 39.5 Å². The Bertz CT molecular complexity index is 1570. The van der Waals surface area contributed by atoms with E-state index in [2.05, 4.69) is 16.9 Å². The number of carbonyl (C=O) groups is 2. The van der Waals surface area contributed by atoms with Crippen LogP contribution < -0.4 is 15.8 Å². The molecule has 0 saturated heterocycles. The Morgan fingerprint density at radius 3 is 2.58 bits per heavy atom. The number of aromatic nitrogens is 3. The topological polar surface area (TPSA) is 121 Å². The molecule has 3 heterocycles. The number of carbonyl (C=O) groups excluding carboxylic acids is 2. The van der Waals surface area contributed by atoms with Gasteiger partial charge < -0.3 is 20.5 Å². The molecule has 0 saturated carbocycles. The van der Waals surface area contributed by atoms with Gasteiger partial charge in [-0.05, 0) is 60.7 Å². The van der Waals surface area contributed by atoms with Crippen molar-refractivity contribution in [3.63, 3.8) is 0 Å². The summed E-state index contributed by atoms with van der Waals surface area (Å²) in [5.41, 5.74) is 9.78. The van der Waals surface area contributed by atoms with Crippen LogP contribution in [-0.2, 0) is 14.3 Å². The third kappa shape index (κ3) is 6.35. The first-order valence-corrected chi connectivity index (χ1v) is 12.8. The molecule has 0 bridgehead atoms. The molecule has 1 amide bonds. The van der Waals surface area contributed by atoms with E-state index < -0.39 is 24.2 Å². The van der Waals surface area contributed by atoms with Crippen molar-refractivity contribution < 1.29 is 23.5 Å². The second-order valence-electron chi connectivity index (χ2n) is 9.83. The van der Waals surface area contributed by atoms with Gasteiger partial charge in [-0.15, -0.1) is 0 Å². The number of halogens is 1. The van der Waals surface area contributed by atoms with E-state index >= 15 is 0 Å². The molecule has 208 valence electrons. The average molecular weight is 546 g/mol. The van der Waals surface area contributed by atoms with Crippen LogP contribution in [0.25, 0.3) is 33.3 Å². The van der Waals surface area contributed by atoms with E-state index in [-0.39, 0.29) is 11.8 Å². The average Bonchev–Trinajstić information content (AvgIpc) is 3.31. The number of ether oxygens (including phenoxy) is 2. The van der Waals surface area contributed by atoms with E-state index in [0.29, 0.717) is 40.0 Å². The smallest absolute Gasteiger partial charge is 0.324 e. The zero-order valence-electron chi connectivity index (χ0n) is 22.8. The number of amides is 1. The second kappa shape index (κ2) is 12.1. The maximum Gasteiger partial charge on any atom is 0.324 e. The van der Waals surface area contributed by atoms with Crippen molar-refractivity contribution in [2.24, 2.45) is 11.7 Å². The first-order chi connectivity index (χ1) is 19.1. The SMILES string of the molecule is C=CC(=O)Nc1cc(OC)cc(-c2cnc3c(c2)c(-c2ccnc(F)c2)cn3C(C)OC(=O)[C@@H](N)CC(C)C)c1. The summed E-state index contributed by atoms with van der Waals surface area (Å²) in [6.07, 6.45) is 5.77. The Kier molecular flexibility index (Phi) is 8.59. The molecule has 0 spiro atoms. The standard InChI is InChI=1S/C30H32FN5O4/c1-6-28(37)35-22-10-20(11-23(14-22)39-5)21-12-24-25(19-7-8-33-27(31)13-19)16-36(29(24)34-15-21)18(4)40-30(38)26(32)9-17(2)3/h6-8,10-18,26H,1,9,32H2,2-5H3,(H,35,37)/t18?,26-/m0/s1. The quantitative estimate of drug-likeness (QED) is 0.154. The van der Waals surface area contributed by atoms with Crippen molar-refractivity contribution in [1.29, 1.82) is 0 Å². The summed E-state index contributed by atoms with van der Waals surface area (Å²) in [5.74, 6) is -0.729. The van der Waals surface area contributed by atoms with Crippen LogP contribution in [0.2, 0.25) is 0 Å². The predicted molar refractivity (Wildman–Crippen MR) is 152 cm³/mol. The lowest BCUT2D eigenvalue weighted by Gasteiger charge is -2.19. The summed E-state index contributed by atoms with van der Waals surface area (Å²) in [6, 6.07) is 9.47. The molecule has 0 aliphatic rings. The molecule has 3 N–H and O–H groups in total. The molecule has 0 aliphatic carbocycles. The Labute approximate surface area is 231 Å². The number of nitrogens with two attached hydrogens (primary N) is 1. The third-order valence-corrected chi connectivity index (χ3v) is 6.34. The minimum atomic E-state index is -0.749. The molecule has 0 radical (unpaired) electrons. The Morgan fingerprint density at radius 2 is 1.90 bits per heavy atom. The number of rotatable bonds is 10. The van der Waals surface area contributed by atoms with Gasteiger partial charge in [-0.2, -0.15) is 4.39 Å². The van der Waals surface area contributed by atoms with Gasteiger partial charge in [0.15, 0.2) is 6.23 Å². The van der Waals surface area contributed by atoms with Crippen LogP contribution in [-0.4, -0.2) is 39.6 Å². The molecule has 9 nitrogen and oxygen atoms in total. The number of methoxy groups -OCH3 is 1. The zero-order chi connectivity index (χ0) is 29.0. The first-order valence-electron chi connectivity index (χ1n) is 12.8. The zero-order valence-corrected chi connectivity index (χ0v) is 22.8. The van der Waals surface area contributed by atoms with Crippen LogP contribution in [0.5, 0.6) is 5.75 Å². The number of esters is 1. The van der Waals surface area contributed by atoms with Crippen LogP contribution in [0.15, 0.2) is 67.6 Å². The van der Waals surface area contributed by atoms with E-state index in [0.717, 1.165) is 11.1 Å². The second-order valence-corrected chi connectivity index (χ2v) is 9.83.